The van der Waals surface area contributed by atoms with Crippen LogP contribution in [-0.4, -0.2) is 20.8 Å². The van der Waals surface area contributed by atoms with Crippen molar-refractivity contribution in [3.05, 3.63) is 24.3 Å². The number of nitrogens with one attached hydrogen (secondary N) is 1. The molecule has 0 radical (unpaired) electrons. The Balaban J connectivity index is 2.68. The molecular formula is C10H13F2NO3S. The zero-order valence-corrected chi connectivity index (χ0v) is 10.0. The molecule has 0 atom stereocenters. The van der Waals surface area contributed by atoms with E-state index in [2.05, 4.69) is 9.46 Å². The summed E-state index contributed by atoms with van der Waals surface area (Å²) in [5.41, 5.74) is 0.320. The third kappa shape index (κ3) is 4.99. The molecule has 0 aliphatic carbocycles. The highest BCUT2D eigenvalue weighted by atomic mass is 32.2. The third-order valence-corrected chi connectivity index (χ3v) is 3.32. The van der Waals surface area contributed by atoms with Crippen molar-refractivity contribution in [1.29, 1.82) is 0 Å². The van der Waals surface area contributed by atoms with Crippen LogP contribution in [0.1, 0.15) is 13.3 Å². The molecule has 0 spiro atoms. The molecule has 0 bridgehead atoms. The van der Waals surface area contributed by atoms with E-state index in [-0.39, 0.29) is 11.5 Å². The van der Waals surface area contributed by atoms with Crippen molar-refractivity contribution < 1.29 is 21.9 Å². The monoisotopic (exact) mass is 265 g/mol. The molecule has 1 aromatic rings. The summed E-state index contributed by atoms with van der Waals surface area (Å²) in [5.74, 6) is 0.000822. The second kappa shape index (κ2) is 5.81. The van der Waals surface area contributed by atoms with Gasteiger partial charge >= 0.3 is 6.61 Å². The zero-order chi connectivity index (χ0) is 12.9. The van der Waals surface area contributed by atoms with Crippen LogP contribution in [-0.2, 0) is 10.0 Å². The summed E-state index contributed by atoms with van der Waals surface area (Å²) in [4.78, 5) is 0. The Bertz CT molecular complexity index is 445. The molecule has 0 aromatic heterocycles. The molecule has 7 heteroatoms. The highest BCUT2D eigenvalue weighted by Crippen LogP contribution is 2.18. The van der Waals surface area contributed by atoms with Gasteiger partial charge < -0.3 is 4.74 Å². The largest absolute Gasteiger partial charge is 0.435 e. The first-order valence-electron chi connectivity index (χ1n) is 4.98. The summed E-state index contributed by atoms with van der Waals surface area (Å²) in [6, 6.07) is 5.28. The summed E-state index contributed by atoms with van der Waals surface area (Å²) in [6.07, 6.45) is 0.502. The summed E-state index contributed by atoms with van der Waals surface area (Å²) in [5, 5.41) is 0. The fourth-order valence-corrected chi connectivity index (χ4v) is 2.34. The fourth-order valence-electron chi connectivity index (χ4n) is 1.20. The molecule has 1 N–H and O–H groups in total. The van der Waals surface area contributed by atoms with E-state index in [4.69, 9.17) is 0 Å². The predicted molar refractivity (Wildman–Crippen MR) is 60.8 cm³/mol. The number of anilines is 1. The van der Waals surface area contributed by atoms with Crippen molar-refractivity contribution >= 4 is 15.7 Å². The lowest BCUT2D eigenvalue weighted by Crippen LogP contribution is -2.15. The molecule has 0 saturated carbocycles. The second-order valence-corrected chi connectivity index (χ2v) is 5.17. The third-order valence-electron chi connectivity index (χ3n) is 1.83. The lowest BCUT2D eigenvalue weighted by atomic mass is 10.3. The van der Waals surface area contributed by atoms with Gasteiger partial charge in [0.05, 0.1) is 5.75 Å². The zero-order valence-electron chi connectivity index (χ0n) is 9.19. The van der Waals surface area contributed by atoms with E-state index in [0.29, 0.717) is 12.1 Å². The van der Waals surface area contributed by atoms with Crippen molar-refractivity contribution in [2.45, 2.75) is 20.0 Å². The molecule has 1 aromatic carbocycles. The summed E-state index contributed by atoms with van der Waals surface area (Å²) in [6.45, 7) is -1.14. The smallest absolute Gasteiger partial charge is 0.387 e. The van der Waals surface area contributed by atoms with Gasteiger partial charge in [0.1, 0.15) is 5.75 Å². The van der Waals surface area contributed by atoms with Crippen LogP contribution in [0.25, 0.3) is 0 Å². The van der Waals surface area contributed by atoms with Crippen LogP contribution >= 0.6 is 0 Å². The van der Waals surface area contributed by atoms with E-state index in [1.165, 1.54) is 24.3 Å². The SMILES string of the molecule is CCCS(=O)(=O)Nc1ccc(OC(F)F)cc1. The van der Waals surface area contributed by atoms with Gasteiger partial charge in [-0.2, -0.15) is 8.78 Å². The molecule has 96 valence electrons. The summed E-state index contributed by atoms with van der Waals surface area (Å²) in [7, 11) is -3.36. The Morgan fingerprint density at radius 2 is 1.88 bits per heavy atom. The minimum Gasteiger partial charge on any atom is -0.435 e. The van der Waals surface area contributed by atoms with Gasteiger partial charge in [0, 0.05) is 5.69 Å². The van der Waals surface area contributed by atoms with Crippen molar-refractivity contribution in [3.8, 4) is 5.75 Å². The minimum absolute atomic E-state index is 0.0153. The number of sulfonamides is 1. The van der Waals surface area contributed by atoms with Crippen LogP contribution in [0.5, 0.6) is 5.75 Å². The van der Waals surface area contributed by atoms with Crippen LogP contribution in [0, 0.1) is 0 Å². The van der Waals surface area contributed by atoms with Gasteiger partial charge in [-0.3, -0.25) is 4.72 Å². The molecule has 0 amide bonds. The number of rotatable bonds is 6. The first-order chi connectivity index (χ1) is 7.93. The van der Waals surface area contributed by atoms with Gasteiger partial charge in [0.25, 0.3) is 0 Å². The average Bonchev–Trinajstić information content (AvgIpc) is 2.19. The maximum absolute atomic E-state index is 11.9. The Morgan fingerprint density at radius 3 is 2.35 bits per heavy atom. The van der Waals surface area contributed by atoms with E-state index < -0.39 is 16.6 Å². The summed E-state index contributed by atoms with van der Waals surface area (Å²) >= 11 is 0. The van der Waals surface area contributed by atoms with E-state index in [9.17, 15) is 17.2 Å². The van der Waals surface area contributed by atoms with E-state index >= 15 is 0 Å². The van der Waals surface area contributed by atoms with Gasteiger partial charge in [-0.05, 0) is 30.7 Å². The molecule has 1 rings (SSSR count). The Labute approximate surface area is 98.6 Å². The van der Waals surface area contributed by atoms with E-state index in [1.807, 2.05) is 0 Å². The lowest BCUT2D eigenvalue weighted by Gasteiger charge is -2.08. The van der Waals surface area contributed by atoms with Gasteiger partial charge in [-0.1, -0.05) is 6.92 Å². The number of benzene rings is 1. The van der Waals surface area contributed by atoms with Gasteiger partial charge in [0.2, 0.25) is 10.0 Å². The molecule has 0 fully saturated rings. The molecule has 0 heterocycles. The first kappa shape index (κ1) is 13.7. The minimum atomic E-state index is -3.36. The van der Waals surface area contributed by atoms with Crippen LogP contribution in [0.15, 0.2) is 24.3 Å². The number of halogens is 2. The topological polar surface area (TPSA) is 55.4 Å². The number of hydrogen-bond acceptors (Lipinski definition) is 3. The van der Waals surface area contributed by atoms with Crippen molar-refractivity contribution in [1.82, 2.24) is 0 Å². The number of ether oxygens (including phenoxy) is 1. The summed E-state index contributed by atoms with van der Waals surface area (Å²) < 4.78 is 53.0. The van der Waals surface area contributed by atoms with Gasteiger partial charge in [-0.25, -0.2) is 8.42 Å². The van der Waals surface area contributed by atoms with Gasteiger partial charge in [0.15, 0.2) is 0 Å². The van der Waals surface area contributed by atoms with E-state index in [1.54, 1.807) is 6.92 Å². The maximum Gasteiger partial charge on any atom is 0.387 e. The van der Waals surface area contributed by atoms with E-state index in [0.717, 1.165) is 0 Å². The first-order valence-corrected chi connectivity index (χ1v) is 6.63. The van der Waals surface area contributed by atoms with Crippen LogP contribution in [0.4, 0.5) is 14.5 Å². The van der Waals surface area contributed by atoms with Crippen LogP contribution < -0.4 is 9.46 Å². The highest BCUT2D eigenvalue weighted by molar-refractivity contribution is 7.92. The predicted octanol–water partition coefficient (Wildman–Crippen LogP) is 2.44. The molecule has 0 aliphatic rings. The Morgan fingerprint density at radius 1 is 1.29 bits per heavy atom. The number of hydrogen-bond donors (Lipinski definition) is 1. The van der Waals surface area contributed by atoms with Gasteiger partial charge in [-0.15, -0.1) is 0 Å². The van der Waals surface area contributed by atoms with Crippen molar-refractivity contribution in [3.63, 3.8) is 0 Å². The standard InChI is InChI=1S/C10H13F2NO3S/c1-2-7-17(14,15)13-8-3-5-9(6-4-8)16-10(11)12/h3-6,10,13H,2,7H2,1H3. The molecule has 0 unspecified atom stereocenters. The van der Waals surface area contributed by atoms with Crippen molar-refractivity contribution in [2.75, 3.05) is 10.5 Å². The maximum atomic E-state index is 11.9. The lowest BCUT2D eigenvalue weighted by molar-refractivity contribution is -0.0498. The van der Waals surface area contributed by atoms with Crippen LogP contribution in [0.3, 0.4) is 0 Å². The normalized spacial score (nSPS) is 11.5. The molecule has 0 saturated heterocycles. The fraction of sp³-hybridized carbons (Fsp3) is 0.400. The average molecular weight is 265 g/mol. The Kier molecular flexibility index (Phi) is 4.68. The highest BCUT2D eigenvalue weighted by Gasteiger charge is 2.09. The Hall–Kier alpha value is -1.37. The molecule has 0 aliphatic heterocycles. The molecular weight excluding hydrogens is 252 g/mol. The second-order valence-electron chi connectivity index (χ2n) is 3.32. The van der Waals surface area contributed by atoms with Crippen molar-refractivity contribution in [2.24, 2.45) is 0 Å². The number of alkyl halides is 2. The quantitative estimate of drug-likeness (QED) is 0.859. The molecule has 17 heavy (non-hydrogen) atoms. The van der Waals surface area contributed by atoms with Crippen LogP contribution in [0.2, 0.25) is 0 Å². The molecule has 4 nitrogen and oxygen atoms in total.